The van der Waals surface area contributed by atoms with Crippen LogP contribution in [0.15, 0.2) is 0 Å². The van der Waals surface area contributed by atoms with Crippen LogP contribution in [0.4, 0.5) is 0 Å². The number of ether oxygens (including phenoxy) is 3. The zero-order valence-electron chi connectivity index (χ0n) is 14.0. The van der Waals surface area contributed by atoms with Gasteiger partial charge < -0.3 is 29.5 Å². The van der Waals surface area contributed by atoms with Gasteiger partial charge >= 0.3 is 5.97 Å². The second-order valence-electron chi connectivity index (χ2n) is 5.45. The number of carbonyl (C=O) groups is 3. The van der Waals surface area contributed by atoms with Crippen molar-refractivity contribution in [1.29, 1.82) is 0 Å². The van der Waals surface area contributed by atoms with Crippen molar-refractivity contribution in [1.82, 2.24) is 10.2 Å². The summed E-state index contributed by atoms with van der Waals surface area (Å²) in [7, 11) is 1.69. The van der Waals surface area contributed by atoms with Crippen LogP contribution in [-0.2, 0) is 28.6 Å². The molecule has 0 aliphatic carbocycles. The Morgan fingerprint density at radius 1 is 1.12 bits per heavy atom. The lowest BCUT2D eigenvalue weighted by atomic mass is 10.1. The molecule has 9 nitrogen and oxygen atoms in total. The highest BCUT2D eigenvalue weighted by atomic mass is 16.5. The minimum absolute atomic E-state index is 0.00418. The lowest BCUT2D eigenvalue weighted by molar-refractivity contribution is -0.138. The van der Waals surface area contributed by atoms with Crippen LogP contribution in [0.3, 0.4) is 0 Å². The molecular weight excluding hydrogens is 320 g/mol. The Morgan fingerprint density at radius 2 is 1.71 bits per heavy atom. The first kappa shape index (κ1) is 20.3. The summed E-state index contributed by atoms with van der Waals surface area (Å²) in [6, 6.07) is 0. The molecule has 0 bridgehead atoms. The highest BCUT2D eigenvalue weighted by Crippen LogP contribution is 2.15. The highest BCUT2D eigenvalue weighted by Gasteiger charge is 2.31. The molecule has 0 spiro atoms. The van der Waals surface area contributed by atoms with Gasteiger partial charge in [0.25, 0.3) is 0 Å². The van der Waals surface area contributed by atoms with Gasteiger partial charge in [-0.1, -0.05) is 0 Å². The van der Waals surface area contributed by atoms with Gasteiger partial charge in [0.05, 0.1) is 52.0 Å². The average molecular weight is 346 g/mol. The number of carboxylic acid groups (broad SMARTS) is 1. The molecule has 1 saturated heterocycles. The maximum atomic E-state index is 11.8. The Bertz CT molecular complexity index is 417. The summed E-state index contributed by atoms with van der Waals surface area (Å²) < 4.78 is 15.6. The smallest absolute Gasteiger partial charge is 0.305 e. The van der Waals surface area contributed by atoms with Crippen molar-refractivity contribution in [2.45, 2.75) is 12.8 Å². The summed E-state index contributed by atoms with van der Waals surface area (Å²) in [6.45, 7) is 2.94. The monoisotopic (exact) mass is 346 g/mol. The molecule has 138 valence electrons. The zero-order valence-corrected chi connectivity index (χ0v) is 14.0. The van der Waals surface area contributed by atoms with Crippen molar-refractivity contribution in [2.24, 2.45) is 5.92 Å². The molecule has 1 atom stereocenters. The molecule has 2 amide bonds. The first-order valence-electron chi connectivity index (χ1n) is 7.97. The minimum Gasteiger partial charge on any atom is -0.481 e. The second-order valence-corrected chi connectivity index (χ2v) is 5.45. The number of aliphatic carboxylic acids is 1. The van der Waals surface area contributed by atoms with E-state index in [1.807, 2.05) is 0 Å². The van der Waals surface area contributed by atoms with Crippen molar-refractivity contribution < 1.29 is 33.7 Å². The van der Waals surface area contributed by atoms with E-state index < -0.39 is 5.97 Å². The van der Waals surface area contributed by atoms with Gasteiger partial charge in [0.15, 0.2) is 0 Å². The molecule has 1 heterocycles. The summed E-state index contributed by atoms with van der Waals surface area (Å²) in [4.78, 5) is 35.0. The molecule has 1 aliphatic rings. The molecule has 1 aliphatic heterocycles. The molecular formula is C15H26N2O7. The number of carbonyl (C=O) groups excluding carboxylic acids is 2. The number of rotatable bonds is 13. The van der Waals surface area contributed by atoms with Crippen molar-refractivity contribution in [3.05, 3.63) is 0 Å². The molecule has 2 N–H and O–H groups in total. The summed E-state index contributed by atoms with van der Waals surface area (Å²) in [5, 5.41) is 11.2. The first-order valence-corrected chi connectivity index (χ1v) is 7.97. The predicted molar refractivity (Wildman–Crippen MR) is 83.5 cm³/mol. The Labute approximate surface area is 141 Å². The highest BCUT2D eigenvalue weighted by molar-refractivity contribution is 5.89. The third kappa shape index (κ3) is 8.80. The molecule has 0 radical (unpaired) electrons. The normalized spacial score (nSPS) is 17.3. The maximum absolute atomic E-state index is 11.8. The standard InChI is InChI=1S/C15H26N2O7/c1-17-11-12(10-13(17)18)15(21)16-3-5-23-7-9-24-8-6-22-4-2-14(19)20/h12H,2-11H2,1H3,(H,16,21)(H,19,20). The number of likely N-dealkylation sites (tertiary alicyclic amines) is 1. The van der Waals surface area contributed by atoms with Crippen LogP contribution in [-0.4, -0.2) is 87.6 Å². The fourth-order valence-corrected chi connectivity index (χ4v) is 2.13. The van der Waals surface area contributed by atoms with Gasteiger partial charge in [-0.3, -0.25) is 14.4 Å². The van der Waals surface area contributed by atoms with Gasteiger partial charge in [0.1, 0.15) is 0 Å². The Morgan fingerprint density at radius 3 is 2.25 bits per heavy atom. The van der Waals surface area contributed by atoms with Crippen LogP contribution in [0.1, 0.15) is 12.8 Å². The van der Waals surface area contributed by atoms with Gasteiger partial charge in [-0.2, -0.15) is 0 Å². The van der Waals surface area contributed by atoms with E-state index in [9.17, 15) is 14.4 Å². The molecule has 1 rings (SSSR count). The van der Waals surface area contributed by atoms with Crippen LogP contribution in [0.25, 0.3) is 0 Å². The number of nitrogens with one attached hydrogen (secondary N) is 1. The zero-order chi connectivity index (χ0) is 17.8. The minimum atomic E-state index is -0.886. The number of carboxylic acids is 1. The molecule has 0 aromatic carbocycles. The van der Waals surface area contributed by atoms with Crippen LogP contribution >= 0.6 is 0 Å². The molecule has 0 aromatic heterocycles. The largest absolute Gasteiger partial charge is 0.481 e. The maximum Gasteiger partial charge on any atom is 0.305 e. The summed E-state index contributed by atoms with van der Waals surface area (Å²) >= 11 is 0. The van der Waals surface area contributed by atoms with Gasteiger partial charge in [-0.05, 0) is 0 Å². The number of amides is 2. The van der Waals surface area contributed by atoms with Crippen molar-refractivity contribution in [3.63, 3.8) is 0 Å². The molecule has 24 heavy (non-hydrogen) atoms. The molecule has 1 fully saturated rings. The van der Waals surface area contributed by atoms with Gasteiger partial charge in [0, 0.05) is 26.6 Å². The third-order valence-electron chi connectivity index (χ3n) is 3.46. The Kier molecular flexibility index (Phi) is 9.97. The lowest BCUT2D eigenvalue weighted by Gasteiger charge is -2.11. The van der Waals surface area contributed by atoms with E-state index in [-0.39, 0.29) is 37.2 Å². The Balaban J connectivity index is 1.85. The third-order valence-corrected chi connectivity index (χ3v) is 3.46. The van der Waals surface area contributed by atoms with Crippen LogP contribution in [0.5, 0.6) is 0 Å². The topological polar surface area (TPSA) is 114 Å². The van der Waals surface area contributed by atoms with Gasteiger partial charge in [-0.25, -0.2) is 0 Å². The van der Waals surface area contributed by atoms with E-state index in [2.05, 4.69) is 5.32 Å². The SMILES string of the molecule is CN1CC(C(=O)NCCOCCOCCOCCC(=O)O)CC1=O. The van der Waals surface area contributed by atoms with Gasteiger partial charge in [0.2, 0.25) is 11.8 Å². The van der Waals surface area contributed by atoms with Gasteiger partial charge in [-0.15, -0.1) is 0 Å². The molecule has 9 heteroatoms. The summed E-state index contributed by atoms with van der Waals surface area (Å²) in [5.74, 6) is -1.28. The Hall–Kier alpha value is -1.71. The lowest BCUT2D eigenvalue weighted by Crippen LogP contribution is -2.34. The summed E-state index contributed by atoms with van der Waals surface area (Å²) in [5.41, 5.74) is 0. The van der Waals surface area contributed by atoms with E-state index in [4.69, 9.17) is 19.3 Å². The van der Waals surface area contributed by atoms with Crippen LogP contribution < -0.4 is 5.32 Å². The fourth-order valence-electron chi connectivity index (χ4n) is 2.13. The first-order chi connectivity index (χ1) is 11.5. The molecule has 1 unspecified atom stereocenters. The van der Waals surface area contributed by atoms with Crippen molar-refractivity contribution in [2.75, 3.05) is 59.8 Å². The van der Waals surface area contributed by atoms with Crippen LogP contribution in [0.2, 0.25) is 0 Å². The van der Waals surface area contributed by atoms with E-state index in [1.165, 1.54) is 0 Å². The van der Waals surface area contributed by atoms with E-state index in [0.29, 0.717) is 46.1 Å². The number of hydrogen-bond donors (Lipinski definition) is 2. The predicted octanol–water partition coefficient (Wildman–Crippen LogP) is -0.895. The quantitative estimate of drug-likeness (QED) is 0.416. The van der Waals surface area contributed by atoms with E-state index in [1.54, 1.807) is 11.9 Å². The summed E-state index contributed by atoms with van der Waals surface area (Å²) in [6.07, 6.45) is 0.256. The number of nitrogens with zero attached hydrogens (tertiary/aromatic N) is 1. The second kappa shape index (κ2) is 11.8. The fraction of sp³-hybridized carbons (Fsp3) is 0.800. The van der Waals surface area contributed by atoms with Crippen molar-refractivity contribution in [3.8, 4) is 0 Å². The molecule has 0 aromatic rings. The van der Waals surface area contributed by atoms with E-state index in [0.717, 1.165) is 0 Å². The van der Waals surface area contributed by atoms with Crippen LogP contribution in [0, 0.1) is 5.92 Å². The van der Waals surface area contributed by atoms with E-state index >= 15 is 0 Å². The number of hydrogen-bond acceptors (Lipinski definition) is 6. The molecule has 0 saturated carbocycles. The average Bonchev–Trinajstić information content (AvgIpc) is 2.87. The van der Waals surface area contributed by atoms with Crippen molar-refractivity contribution >= 4 is 17.8 Å².